The van der Waals surface area contributed by atoms with Crippen molar-refractivity contribution < 1.29 is 0 Å². The van der Waals surface area contributed by atoms with Crippen molar-refractivity contribution in [2.24, 2.45) is 5.92 Å². The summed E-state index contributed by atoms with van der Waals surface area (Å²) < 4.78 is 0. The van der Waals surface area contributed by atoms with Crippen molar-refractivity contribution in [1.29, 1.82) is 0 Å². The molecule has 1 N–H and O–H groups in total. The molecule has 2 saturated heterocycles. The number of likely N-dealkylation sites (N-methyl/N-ethyl adjacent to an activating group) is 1. The fourth-order valence-corrected chi connectivity index (χ4v) is 2.34. The number of piperidine rings is 1. The molecule has 2 aliphatic heterocycles. The highest BCUT2D eigenvalue weighted by Crippen LogP contribution is 2.26. The Bertz CT molecular complexity index is 124. The van der Waals surface area contributed by atoms with Crippen molar-refractivity contribution >= 4 is 0 Å². The molecule has 0 radical (unpaired) electrons. The SMILES string of the molecule is CN[C@H]1CN2CCC[C@H]1C2. The largest absolute Gasteiger partial charge is 0.315 e. The number of hydrogen-bond donors (Lipinski definition) is 1. The third kappa shape index (κ3) is 0.956. The molecule has 58 valence electrons. The Labute approximate surface area is 62.6 Å². The maximum absolute atomic E-state index is 3.39. The zero-order chi connectivity index (χ0) is 6.97. The van der Waals surface area contributed by atoms with Gasteiger partial charge in [0.25, 0.3) is 0 Å². The highest BCUT2D eigenvalue weighted by Gasteiger charge is 2.33. The maximum atomic E-state index is 3.39. The Morgan fingerprint density at radius 2 is 2.30 bits per heavy atom. The molecule has 2 nitrogen and oxygen atoms in total. The van der Waals surface area contributed by atoms with E-state index in [9.17, 15) is 0 Å². The number of nitrogens with zero attached hydrogens (tertiary/aromatic N) is 1. The van der Waals surface area contributed by atoms with Crippen molar-refractivity contribution in [3.8, 4) is 0 Å². The second-order valence-electron chi connectivity index (χ2n) is 3.56. The Hall–Kier alpha value is -0.0800. The van der Waals surface area contributed by atoms with Gasteiger partial charge in [0.1, 0.15) is 0 Å². The van der Waals surface area contributed by atoms with Gasteiger partial charge in [-0.05, 0) is 32.4 Å². The third-order valence-corrected chi connectivity index (χ3v) is 2.94. The molecule has 2 heterocycles. The van der Waals surface area contributed by atoms with Crippen LogP contribution in [-0.2, 0) is 0 Å². The van der Waals surface area contributed by atoms with Crippen molar-refractivity contribution in [3.05, 3.63) is 0 Å². The Kier molecular flexibility index (Phi) is 1.66. The lowest BCUT2D eigenvalue weighted by molar-refractivity contribution is 0.269. The van der Waals surface area contributed by atoms with E-state index in [1.54, 1.807) is 0 Å². The van der Waals surface area contributed by atoms with Crippen LogP contribution in [0, 0.1) is 5.92 Å². The summed E-state index contributed by atoms with van der Waals surface area (Å²) in [6.45, 7) is 3.99. The predicted octanol–water partition coefficient (Wildman–Crippen LogP) is 0.300. The average Bonchev–Trinajstić information content (AvgIpc) is 2.26. The molecule has 0 aromatic heterocycles. The average molecular weight is 140 g/mol. The first-order valence-electron chi connectivity index (χ1n) is 4.30. The second-order valence-corrected chi connectivity index (χ2v) is 3.56. The number of fused-ring (bicyclic) bond motifs is 2. The summed E-state index contributed by atoms with van der Waals surface area (Å²) in [7, 11) is 2.09. The van der Waals surface area contributed by atoms with Crippen molar-refractivity contribution in [3.63, 3.8) is 0 Å². The predicted molar refractivity (Wildman–Crippen MR) is 42.0 cm³/mol. The van der Waals surface area contributed by atoms with Gasteiger partial charge < -0.3 is 10.2 Å². The van der Waals surface area contributed by atoms with Gasteiger partial charge in [0.2, 0.25) is 0 Å². The Morgan fingerprint density at radius 3 is 3.00 bits per heavy atom. The normalized spacial score (nSPS) is 45.9. The van der Waals surface area contributed by atoms with E-state index in [2.05, 4.69) is 17.3 Å². The Morgan fingerprint density at radius 1 is 1.40 bits per heavy atom. The molecule has 0 spiro atoms. The van der Waals surface area contributed by atoms with E-state index in [1.807, 2.05) is 0 Å². The fourth-order valence-electron chi connectivity index (χ4n) is 2.34. The second kappa shape index (κ2) is 2.51. The number of rotatable bonds is 1. The van der Waals surface area contributed by atoms with Crippen LogP contribution in [0.1, 0.15) is 12.8 Å². The molecular weight excluding hydrogens is 124 g/mol. The van der Waals surface area contributed by atoms with Crippen LogP contribution in [-0.4, -0.2) is 37.6 Å². The monoisotopic (exact) mass is 140 g/mol. The van der Waals surface area contributed by atoms with Crippen LogP contribution < -0.4 is 5.32 Å². The topological polar surface area (TPSA) is 15.3 Å². The summed E-state index contributed by atoms with van der Waals surface area (Å²) in [5, 5.41) is 3.39. The first-order valence-corrected chi connectivity index (χ1v) is 4.30. The van der Waals surface area contributed by atoms with Crippen LogP contribution in [0.5, 0.6) is 0 Å². The van der Waals surface area contributed by atoms with E-state index >= 15 is 0 Å². The summed E-state index contributed by atoms with van der Waals surface area (Å²) in [5.74, 6) is 0.957. The van der Waals surface area contributed by atoms with Gasteiger partial charge in [-0.25, -0.2) is 0 Å². The van der Waals surface area contributed by atoms with E-state index < -0.39 is 0 Å². The van der Waals surface area contributed by atoms with Crippen molar-refractivity contribution in [2.45, 2.75) is 18.9 Å². The minimum atomic E-state index is 0.794. The van der Waals surface area contributed by atoms with Gasteiger partial charge in [0.05, 0.1) is 0 Å². The van der Waals surface area contributed by atoms with E-state index in [0.717, 1.165) is 12.0 Å². The van der Waals surface area contributed by atoms with Gasteiger partial charge in [-0.15, -0.1) is 0 Å². The zero-order valence-electron chi connectivity index (χ0n) is 6.64. The van der Waals surface area contributed by atoms with Crippen molar-refractivity contribution in [2.75, 3.05) is 26.7 Å². The molecule has 0 aliphatic carbocycles. The minimum absolute atomic E-state index is 0.794. The van der Waals surface area contributed by atoms with E-state index in [1.165, 1.54) is 32.5 Å². The molecule has 2 bridgehead atoms. The summed E-state index contributed by atoms with van der Waals surface area (Å²) in [6.07, 6.45) is 2.87. The highest BCUT2D eigenvalue weighted by atomic mass is 15.2. The molecule has 10 heavy (non-hydrogen) atoms. The minimum Gasteiger partial charge on any atom is -0.315 e. The lowest BCUT2D eigenvalue weighted by Crippen LogP contribution is -2.32. The lowest BCUT2D eigenvalue weighted by Gasteiger charge is -2.21. The smallest absolute Gasteiger partial charge is 0.0232 e. The molecule has 2 rings (SSSR count). The standard InChI is InChI=1S/C8H16N2/c1-9-8-6-10-4-2-3-7(8)5-10/h7-9H,2-6H2,1H3/t7-,8-/m0/s1. The molecule has 0 amide bonds. The van der Waals surface area contributed by atoms with Crippen LogP contribution in [0.2, 0.25) is 0 Å². The first-order chi connectivity index (χ1) is 4.90. The van der Waals surface area contributed by atoms with Gasteiger partial charge in [-0.3, -0.25) is 0 Å². The molecule has 2 fully saturated rings. The van der Waals surface area contributed by atoms with Gasteiger partial charge in [-0.1, -0.05) is 0 Å². The quantitative estimate of drug-likeness (QED) is 0.563. The van der Waals surface area contributed by atoms with Crippen LogP contribution in [0.15, 0.2) is 0 Å². The van der Waals surface area contributed by atoms with E-state index in [-0.39, 0.29) is 0 Å². The molecule has 2 heteroatoms. The Balaban J connectivity index is 2.01. The summed E-state index contributed by atoms with van der Waals surface area (Å²) in [6, 6.07) is 0.794. The van der Waals surface area contributed by atoms with E-state index in [4.69, 9.17) is 0 Å². The summed E-state index contributed by atoms with van der Waals surface area (Å²) >= 11 is 0. The summed E-state index contributed by atoms with van der Waals surface area (Å²) in [4.78, 5) is 2.58. The highest BCUT2D eigenvalue weighted by molar-refractivity contribution is 4.91. The molecular formula is C8H16N2. The van der Waals surface area contributed by atoms with Crippen LogP contribution in [0.25, 0.3) is 0 Å². The number of nitrogens with one attached hydrogen (secondary N) is 1. The molecule has 3 atom stereocenters. The van der Waals surface area contributed by atoms with E-state index in [0.29, 0.717) is 0 Å². The van der Waals surface area contributed by atoms with Gasteiger partial charge in [0, 0.05) is 19.1 Å². The molecule has 0 saturated carbocycles. The molecule has 1 unspecified atom stereocenters. The first kappa shape index (κ1) is 6.62. The summed E-state index contributed by atoms with van der Waals surface area (Å²) in [5.41, 5.74) is 0. The van der Waals surface area contributed by atoms with Crippen LogP contribution >= 0.6 is 0 Å². The number of hydrogen-bond acceptors (Lipinski definition) is 2. The fraction of sp³-hybridized carbons (Fsp3) is 1.00. The van der Waals surface area contributed by atoms with Crippen LogP contribution in [0.3, 0.4) is 0 Å². The molecule has 0 aromatic carbocycles. The lowest BCUT2D eigenvalue weighted by atomic mass is 9.97. The van der Waals surface area contributed by atoms with Gasteiger partial charge >= 0.3 is 0 Å². The third-order valence-electron chi connectivity index (χ3n) is 2.94. The van der Waals surface area contributed by atoms with Gasteiger partial charge in [-0.2, -0.15) is 0 Å². The van der Waals surface area contributed by atoms with Crippen molar-refractivity contribution in [1.82, 2.24) is 10.2 Å². The molecule has 2 aliphatic rings. The maximum Gasteiger partial charge on any atom is 0.0232 e. The van der Waals surface area contributed by atoms with Crippen LogP contribution in [0.4, 0.5) is 0 Å². The molecule has 0 aromatic rings. The van der Waals surface area contributed by atoms with Gasteiger partial charge in [0.15, 0.2) is 0 Å². The zero-order valence-corrected chi connectivity index (χ0v) is 6.64.